The van der Waals surface area contributed by atoms with Gasteiger partial charge in [-0.15, -0.1) is 0 Å². The van der Waals surface area contributed by atoms with Crippen molar-refractivity contribution in [1.29, 1.82) is 0 Å². The number of hydroxylamine groups is 2. The van der Waals surface area contributed by atoms with Crippen LogP contribution < -0.4 is 5.32 Å². The Morgan fingerprint density at radius 3 is 2.50 bits per heavy atom. The summed E-state index contributed by atoms with van der Waals surface area (Å²) in [5, 5.41) is 11.7. The predicted octanol–water partition coefficient (Wildman–Crippen LogP) is 0.0689. The largest absolute Gasteiger partial charge is 0.465 e. The molecule has 0 unspecified atom stereocenters. The predicted molar refractivity (Wildman–Crippen MR) is 41.4 cm³/mol. The van der Waals surface area contributed by atoms with Gasteiger partial charge in [0.15, 0.2) is 0 Å². The molecule has 0 aliphatic carbocycles. The van der Waals surface area contributed by atoms with Gasteiger partial charge in [-0.25, -0.2) is 4.79 Å². The summed E-state index contributed by atoms with van der Waals surface area (Å²) in [5.74, 6) is 0. The molecule has 0 spiro atoms. The first kappa shape index (κ1) is 11.2. The smallest absolute Gasteiger partial charge is 0.404 e. The first-order valence-corrected chi connectivity index (χ1v) is 3.53. The Kier molecular flexibility index (Phi) is 6.35. The first-order valence-electron chi connectivity index (χ1n) is 3.53. The molecule has 0 heterocycles. The highest BCUT2D eigenvalue weighted by Crippen LogP contribution is 1.89. The fourth-order valence-electron chi connectivity index (χ4n) is 0.661. The molecule has 72 valence electrons. The Balaban J connectivity index is 3.23. The molecule has 0 radical (unpaired) electrons. The Bertz CT molecular complexity index is 127. The molecule has 0 saturated heterocycles. The van der Waals surface area contributed by atoms with Crippen LogP contribution in [0.25, 0.3) is 0 Å². The maximum absolute atomic E-state index is 10.00. The van der Waals surface area contributed by atoms with Gasteiger partial charge in [-0.3, -0.25) is 9.68 Å². The lowest BCUT2D eigenvalue weighted by Crippen LogP contribution is -2.28. The van der Waals surface area contributed by atoms with Crippen molar-refractivity contribution in [2.45, 2.75) is 6.42 Å². The van der Waals surface area contributed by atoms with Crippen molar-refractivity contribution >= 4 is 6.09 Å². The third-order valence-electron chi connectivity index (χ3n) is 1.20. The van der Waals surface area contributed by atoms with E-state index < -0.39 is 6.09 Å². The van der Waals surface area contributed by atoms with Crippen LogP contribution in [0.2, 0.25) is 0 Å². The van der Waals surface area contributed by atoms with Crippen molar-refractivity contribution in [3.8, 4) is 0 Å². The van der Waals surface area contributed by atoms with E-state index in [1.807, 2.05) is 0 Å². The number of nitrogens with zero attached hydrogens (tertiary/aromatic N) is 1. The SMILES string of the molecule is CON(CCCNC(=O)O)OC. The van der Waals surface area contributed by atoms with Crippen molar-refractivity contribution in [2.75, 3.05) is 27.3 Å². The molecule has 0 aromatic rings. The summed E-state index contributed by atoms with van der Waals surface area (Å²) < 4.78 is 0. The molecule has 0 aliphatic rings. The molecule has 1 amide bonds. The molecule has 6 nitrogen and oxygen atoms in total. The van der Waals surface area contributed by atoms with Gasteiger partial charge in [0, 0.05) is 6.54 Å². The fraction of sp³-hybridized carbons (Fsp3) is 0.833. The Morgan fingerprint density at radius 2 is 2.08 bits per heavy atom. The van der Waals surface area contributed by atoms with Crippen molar-refractivity contribution in [2.24, 2.45) is 0 Å². The number of hydrogen-bond donors (Lipinski definition) is 2. The summed E-state index contributed by atoms with van der Waals surface area (Å²) in [6.45, 7) is 0.909. The van der Waals surface area contributed by atoms with Crippen molar-refractivity contribution in [3.63, 3.8) is 0 Å². The van der Waals surface area contributed by atoms with Crippen LogP contribution >= 0.6 is 0 Å². The van der Waals surface area contributed by atoms with Gasteiger partial charge >= 0.3 is 6.09 Å². The van der Waals surface area contributed by atoms with E-state index in [1.165, 1.54) is 19.4 Å². The van der Waals surface area contributed by atoms with Crippen LogP contribution in [0.1, 0.15) is 6.42 Å². The molecule has 12 heavy (non-hydrogen) atoms. The summed E-state index contributed by atoms with van der Waals surface area (Å²) in [6, 6.07) is 0. The van der Waals surface area contributed by atoms with Crippen LogP contribution in [0.5, 0.6) is 0 Å². The van der Waals surface area contributed by atoms with Crippen molar-refractivity contribution in [1.82, 2.24) is 10.5 Å². The summed E-state index contributed by atoms with van der Waals surface area (Å²) in [6.07, 6.45) is -0.384. The number of rotatable bonds is 6. The molecule has 0 aliphatic heterocycles. The Morgan fingerprint density at radius 1 is 1.50 bits per heavy atom. The van der Waals surface area contributed by atoms with E-state index in [4.69, 9.17) is 14.8 Å². The molecule has 6 heteroatoms. The third-order valence-corrected chi connectivity index (χ3v) is 1.20. The molecule has 0 bridgehead atoms. The zero-order valence-corrected chi connectivity index (χ0v) is 7.24. The standard InChI is InChI=1S/C6H14N2O4/c1-11-8(12-2)5-3-4-7-6(9)10/h7H,3-5H2,1-2H3,(H,9,10). The van der Waals surface area contributed by atoms with Crippen LogP contribution in [0.4, 0.5) is 4.79 Å². The average molecular weight is 178 g/mol. The van der Waals surface area contributed by atoms with E-state index in [-0.39, 0.29) is 0 Å². The number of hydrogen-bond acceptors (Lipinski definition) is 4. The minimum Gasteiger partial charge on any atom is -0.465 e. The van der Waals surface area contributed by atoms with E-state index in [0.717, 1.165) is 0 Å². The van der Waals surface area contributed by atoms with Gasteiger partial charge in [0.25, 0.3) is 0 Å². The molecule has 0 rings (SSSR count). The van der Waals surface area contributed by atoms with Gasteiger partial charge in [0.1, 0.15) is 0 Å². The second-order valence-electron chi connectivity index (χ2n) is 2.01. The van der Waals surface area contributed by atoms with Crippen LogP contribution in [0.3, 0.4) is 0 Å². The van der Waals surface area contributed by atoms with Crippen molar-refractivity contribution < 1.29 is 19.6 Å². The molecular formula is C6H14N2O4. The van der Waals surface area contributed by atoms with Gasteiger partial charge < -0.3 is 10.4 Å². The maximum Gasteiger partial charge on any atom is 0.404 e. The lowest BCUT2D eigenvalue weighted by Gasteiger charge is -2.15. The monoisotopic (exact) mass is 178 g/mol. The second kappa shape index (κ2) is 6.84. The zero-order valence-electron chi connectivity index (χ0n) is 7.24. The zero-order chi connectivity index (χ0) is 9.40. The Labute approximate surface area is 71.0 Å². The summed E-state index contributed by atoms with van der Waals surface area (Å²) >= 11 is 0. The molecule has 0 fully saturated rings. The second-order valence-corrected chi connectivity index (χ2v) is 2.01. The lowest BCUT2D eigenvalue weighted by atomic mass is 10.4. The first-order chi connectivity index (χ1) is 5.70. The van der Waals surface area contributed by atoms with Gasteiger partial charge in [0.05, 0.1) is 20.8 Å². The van der Waals surface area contributed by atoms with Gasteiger partial charge in [-0.1, -0.05) is 5.23 Å². The number of carbonyl (C=O) groups is 1. The third kappa shape index (κ3) is 5.90. The maximum atomic E-state index is 10.00. The van der Waals surface area contributed by atoms with Gasteiger partial charge in [-0.2, -0.15) is 0 Å². The van der Waals surface area contributed by atoms with Gasteiger partial charge in [-0.05, 0) is 6.42 Å². The minimum absolute atomic E-state index is 0.387. The van der Waals surface area contributed by atoms with E-state index >= 15 is 0 Å². The Hall–Kier alpha value is -0.850. The van der Waals surface area contributed by atoms with Crippen LogP contribution in [-0.4, -0.2) is 43.7 Å². The number of amides is 1. The molecular weight excluding hydrogens is 164 g/mol. The minimum atomic E-state index is -1.02. The molecule has 0 atom stereocenters. The van der Waals surface area contributed by atoms with Crippen LogP contribution in [0, 0.1) is 0 Å². The van der Waals surface area contributed by atoms with Gasteiger partial charge in [0.2, 0.25) is 0 Å². The van der Waals surface area contributed by atoms with Crippen LogP contribution in [-0.2, 0) is 9.68 Å². The summed E-state index contributed by atoms with van der Waals surface area (Å²) in [7, 11) is 2.96. The van der Waals surface area contributed by atoms with E-state index in [0.29, 0.717) is 19.5 Å². The van der Waals surface area contributed by atoms with E-state index in [2.05, 4.69) is 5.32 Å². The lowest BCUT2D eigenvalue weighted by molar-refractivity contribution is -0.342. The highest BCUT2D eigenvalue weighted by molar-refractivity contribution is 5.64. The molecule has 2 N–H and O–H groups in total. The van der Waals surface area contributed by atoms with E-state index in [1.54, 1.807) is 0 Å². The topological polar surface area (TPSA) is 71.0 Å². The average Bonchev–Trinajstić information content (AvgIpc) is 2.04. The molecule has 0 aromatic heterocycles. The normalized spacial score (nSPS) is 10.2. The summed E-state index contributed by atoms with van der Waals surface area (Å²) in [5.41, 5.74) is 0. The highest BCUT2D eigenvalue weighted by Gasteiger charge is 2.00. The quantitative estimate of drug-likeness (QED) is 0.445. The molecule has 0 aromatic carbocycles. The van der Waals surface area contributed by atoms with E-state index in [9.17, 15) is 4.79 Å². The number of nitrogens with one attached hydrogen (secondary N) is 1. The molecule has 0 saturated carbocycles. The van der Waals surface area contributed by atoms with Crippen molar-refractivity contribution in [3.05, 3.63) is 0 Å². The highest BCUT2D eigenvalue weighted by atomic mass is 16.9. The summed E-state index contributed by atoms with van der Waals surface area (Å²) in [4.78, 5) is 19.5. The fourth-order valence-corrected chi connectivity index (χ4v) is 0.661. The number of carboxylic acid groups (broad SMARTS) is 1. The van der Waals surface area contributed by atoms with Crippen LogP contribution in [0.15, 0.2) is 0 Å².